The van der Waals surface area contributed by atoms with Crippen LogP contribution in [0.5, 0.6) is 0 Å². The Kier molecular flexibility index (Phi) is 4.57. The van der Waals surface area contributed by atoms with E-state index in [1.165, 1.54) is 0 Å². The highest BCUT2D eigenvalue weighted by atomic mass is 35.5. The number of nitrogens with one attached hydrogen (secondary N) is 1. The van der Waals surface area contributed by atoms with E-state index in [4.69, 9.17) is 5.84 Å². The predicted octanol–water partition coefficient (Wildman–Crippen LogP) is 1.86. The maximum Gasteiger partial charge on any atom is 0.115 e. The van der Waals surface area contributed by atoms with Gasteiger partial charge in [0.15, 0.2) is 0 Å². The van der Waals surface area contributed by atoms with Crippen LogP contribution >= 0.6 is 12.4 Å². The van der Waals surface area contributed by atoms with Gasteiger partial charge in [0.1, 0.15) is 6.67 Å². The Morgan fingerprint density at radius 2 is 2.18 bits per heavy atom. The molecule has 0 aliphatic carbocycles. The zero-order chi connectivity index (χ0) is 7.40. The molecule has 0 amide bonds. The molecule has 1 aromatic carbocycles. The summed E-state index contributed by atoms with van der Waals surface area (Å²) in [6, 6.07) is 6.91. The van der Waals surface area contributed by atoms with Gasteiger partial charge in [-0.25, -0.2) is 4.39 Å². The summed E-state index contributed by atoms with van der Waals surface area (Å²) in [6.45, 7) is -0.449. The molecule has 11 heavy (non-hydrogen) atoms. The smallest absolute Gasteiger partial charge is 0.115 e. The van der Waals surface area contributed by atoms with Gasteiger partial charge in [-0.15, -0.1) is 12.4 Å². The normalized spacial score (nSPS) is 8.55. The standard InChI is InChI=1S/C7H9FN2.ClH/c8-5-6-2-1-3-7(4-6)10-9;/h1-4,10H,5,9H2;1H. The van der Waals surface area contributed by atoms with Gasteiger partial charge in [0, 0.05) is 5.69 Å². The van der Waals surface area contributed by atoms with Crippen molar-refractivity contribution in [3.8, 4) is 0 Å². The van der Waals surface area contributed by atoms with Crippen LogP contribution in [0.2, 0.25) is 0 Å². The molecule has 0 aromatic heterocycles. The number of nitrogens with two attached hydrogens (primary N) is 1. The molecule has 0 saturated carbocycles. The van der Waals surface area contributed by atoms with E-state index in [0.717, 1.165) is 5.69 Å². The van der Waals surface area contributed by atoms with Crippen LogP contribution in [0.4, 0.5) is 10.1 Å². The topological polar surface area (TPSA) is 38.0 Å². The highest BCUT2D eigenvalue weighted by Crippen LogP contribution is 2.09. The first-order chi connectivity index (χ1) is 4.86. The van der Waals surface area contributed by atoms with E-state index in [2.05, 4.69) is 5.43 Å². The molecular formula is C7H10ClFN2. The monoisotopic (exact) mass is 176 g/mol. The van der Waals surface area contributed by atoms with Crippen LogP contribution in [0.15, 0.2) is 24.3 Å². The minimum Gasteiger partial charge on any atom is -0.324 e. The van der Waals surface area contributed by atoms with Crippen LogP contribution in [0.3, 0.4) is 0 Å². The number of halogens is 2. The molecule has 0 bridgehead atoms. The van der Waals surface area contributed by atoms with Crippen molar-refractivity contribution in [1.82, 2.24) is 0 Å². The highest BCUT2D eigenvalue weighted by Gasteiger charge is 1.91. The predicted molar refractivity (Wildman–Crippen MR) is 46.3 cm³/mol. The van der Waals surface area contributed by atoms with Gasteiger partial charge in [0.05, 0.1) is 0 Å². The number of hydrazine groups is 1. The molecule has 0 saturated heterocycles. The van der Waals surface area contributed by atoms with E-state index in [1.807, 2.05) is 0 Å². The third-order valence-electron chi connectivity index (χ3n) is 1.25. The number of nitrogen functional groups attached to an aromatic ring is 1. The van der Waals surface area contributed by atoms with Crippen molar-refractivity contribution in [3.05, 3.63) is 29.8 Å². The van der Waals surface area contributed by atoms with Crippen LogP contribution in [-0.4, -0.2) is 0 Å². The maximum atomic E-state index is 12.0. The van der Waals surface area contributed by atoms with E-state index < -0.39 is 6.67 Å². The Labute approximate surface area is 71.0 Å². The molecule has 0 radical (unpaired) electrons. The van der Waals surface area contributed by atoms with Crippen LogP contribution in [0.25, 0.3) is 0 Å². The average molecular weight is 177 g/mol. The lowest BCUT2D eigenvalue weighted by Crippen LogP contribution is -2.06. The fourth-order valence-electron chi connectivity index (χ4n) is 0.744. The summed E-state index contributed by atoms with van der Waals surface area (Å²) in [6.07, 6.45) is 0. The first kappa shape index (κ1) is 10.2. The Bertz CT molecular complexity index is 198. The minimum absolute atomic E-state index is 0. The van der Waals surface area contributed by atoms with Crippen LogP contribution in [-0.2, 0) is 6.67 Å². The van der Waals surface area contributed by atoms with Gasteiger partial charge in [-0.05, 0) is 17.7 Å². The number of anilines is 1. The van der Waals surface area contributed by atoms with E-state index in [0.29, 0.717) is 5.56 Å². The number of hydrogen-bond acceptors (Lipinski definition) is 2. The van der Waals surface area contributed by atoms with Gasteiger partial charge in [-0.3, -0.25) is 5.84 Å². The highest BCUT2D eigenvalue weighted by molar-refractivity contribution is 5.85. The number of rotatable bonds is 2. The van der Waals surface area contributed by atoms with Crippen molar-refractivity contribution < 1.29 is 4.39 Å². The molecule has 1 aromatic rings. The fraction of sp³-hybridized carbons (Fsp3) is 0.143. The molecule has 4 heteroatoms. The van der Waals surface area contributed by atoms with Gasteiger partial charge in [-0.1, -0.05) is 12.1 Å². The molecule has 0 heterocycles. The van der Waals surface area contributed by atoms with E-state index in [1.54, 1.807) is 24.3 Å². The van der Waals surface area contributed by atoms with Gasteiger partial charge in [0.2, 0.25) is 0 Å². The molecule has 0 aliphatic rings. The first-order valence-electron chi connectivity index (χ1n) is 2.98. The van der Waals surface area contributed by atoms with Crippen LogP contribution in [0.1, 0.15) is 5.56 Å². The molecule has 2 nitrogen and oxygen atoms in total. The first-order valence-corrected chi connectivity index (χ1v) is 2.98. The summed E-state index contributed by atoms with van der Waals surface area (Å²) in [5.41, 5.74) is 3.80. The fourth-order valence-corrected chi connectivity index (χ4v) is 0.744. The molecule has 0 atom stereocenters. The van der Waals surface area contributed by atoms with Crippen molar-refractivity contribution in [2.24, 2.45) is 5.84 Å². The molecule has 0 fully saturated rings. The third-order valence-corrected chi connectivity index (χ3v) is 1.25. The Balaban J connectivity index is 0.000001000. The lowest BCUT2D eigenvalue weighted by Gasteiger charge is -1.99. The SMILES string of the molecule is Cl.NNc1cccc(CF)c1. The van der Waals surface area contributed by atoms with Gasteiger partial charge in [0.25, 0.3) is 0 Å². The van der Waals surface area contributed by atoms with E-state index >= 15 is 0 Å². The molecule has 1 rings (SSSR count). The minimum atomic E-state index is -0.449. The molecule has 0 unspecified atom stereocenters. The van der Waals surface area contributed by atoms with Crippen LogP contribution < -0.4 is 11.3 Å². The Morgan fingerprint density at radius 1 is 1.45 bits per heavy atom. The van der Waals surface area contributed by atoms with Crippen molar-refractivity contribution in [3.63, 3.8) is 0 Å². The summed E-state index contributed by atoms with van der Waals surface area (Å²) in [5.74, 6) is 5.10. The largest absolute Gasteiger partial charge is 0.324 e. The Morgan fingerprint density at radius 3 is 2.73 bits per heavy atom. The maximum absolute atomic E-state index is 12.0. The van der Waals surface area contributed by atoms with Crippen molar-refractivity contribution in [1.29, 1.82) is 0 Å². The van der Waals surface area contributed by atoms with Gasteiger partial charge < -0.3 is 5.43 Å². The second-order valence-corrected chi connectivity index (χ2v) is 1.98. The summed E-state index contributed by atoms with van der Waals surface area (Å²) >= 11 is 0. The summed E-state index contributed by atoms with van der Waals surface area (Å²) < 4.78 is 12.0. The summed E-state index contributed by atoms with van der Waals surface area (Å²) in [4.78, 5) is 0. The number of hydrogen-bond donors (Lipinski definition) is 2. The van der Waals surface area contributed by atoms with Crippen molar-refractivity contribution >= 4 is 18.1 Å². The second kappa shape index (κ2) is 4.93. The second-order valence-electron chi connectivity index (χ2n) is 1.98. The quantitative estimate of drug-likeness (QED) is 0.533. The molecule has 0 spiro atoms. The lowest BCUT2D eigenvalue weighted by atomic mass is 10.2. The molecule has 0 aliphatic heterocycles. The molecular weight excluding hydrogens is 167 g/mol. The zero-order valence-corrected chi connectivity index (χ0v) is 6.70. The van der Waals surface area contributed by atoms with Gasteiger partial charge >= 0.3 is 0 Å². The van der Waals surface area contributed by atoms with Crippen LogP contribution in [0, 0.1) is 0 Å². The zero-order valence-electron chi connectivity index (χ0n) is 5.88. The van der Waals surface area contributed by atoms with E-state index in [-0.39, 0.29) is 12.4 Å². The lowest BCUT2D eigenvalue weighted by molar-refractivity contribution is 0.485. The third kappa shape index (κ3) is 2.74. The van der Waals surface area contributed by atoms with Crippen molar-refractivity contribution in [2.45, 2.75) is 6.67 Å². The van der Waals surface area contributed by atoms with Gasteiger partial charge in [-0.2, -0.15) is 0 Å². The van der Waals surface area contributed by atoms with Crippen molar-refractivity contribution in [2.75, 3.05) is 5.43 Å². The summed E-state index contributed by atoms with van der Waals surface area (Å²) in [5, 5.41) is 0. The summed E-state index contributed by atoms with van der Waals surface area (Å²) in [7, 11) is 0. The molecule has 62 valence electrons. The Hall–Kier alpha value is -0.800. The average Bonchev–Trinajstić information content (AvgIpc) is 2.05. The number of benzene rings is 1. The molecule has 3 N–H and O–H groups in total. The van der Waals surface area contributed by atoms with E-state index in [9.17, 15) is 4.39 Å². The number of alkyl halides is 1.